The van der Waals surface area contributed by atoms with E-state index in [9.17, 15) is 9.90 Å². The zero-order valence-corrected chi connectivity index (χ0v) is 17.1. The Kier molecular flexibility index (Phi) is 12.6. The number of carboxylic acids is 1. The Hall–Kier alpha value is -0.950. The lowest BCUT2D eigenvalue weighted by atomic mass is 9.89. The number of allylic oxidation sites excluding steroid dienone is 1. The third-order valence-corrected chi connectivity index (χ3v) is 5.42. The van der Waals surface area contributed by atoms with Gasteiger partial charge in [0.05, 0.1) is 18.8 Å². The minimum absolute atomic E-state index is 0.158. The number of ether oxygens (including phenoxy) is 3. The van der Waals surface area contributed by atoms with Crippen LogP contribution in [0.5, 0.6) is 0 Å². The van der Waals surface area contributed by atoms with Gasteiger partial charge in [-0.2, -0.15) is 0 Å². The van der Waals surface area contributed by atoms with Crippen LogP contribution in [-0.2, 0) is 19.0 Å². The molecule has 0 spiro atoms. The molecule has 1 rings (SSSR count). The fourth-order valence-corrected chi connectivity index (χ4v) is 3.79. The molecule has 5 atom stereocenters. The first kappa shape index (κ1) is 24.1. The van der Waals surface area contributed by atoms with E-state index in [-0.39, 0.29) is 18.1 Å². The van der Waals surface area contributed by atoms with Gasteiger partial charge in [-0.25, -0.2) is 4.79 Å². The number of carbonyl (C=O) groups is 1. The smallest absolute Gasteiger partial charge is 0.361 e. The first-order valence-corrected chi connectivity index (χ1v) is 10.3. The molecule has 27 heavy (non-hydrogen) atoms. The number of hydrogen-bond acceptors (Lipinski definition) is 5. The Morgan fingerprint density at radius 1 is 1.15 bits per heavy atom. The molecular formula is C21H38O6. The van der Waals surface area contributed by atoms with E-state index in [0.29, 0.717) is 12.5 Å². The number of hydrogen-bond donors (Lipinski definition) is 2. The summed E-state index contributed by atoms with van der Waals surface area (Å²) in [6, 6.07) is 0. The summed E-state index contributed by atoms with van der Waals surface area (Å²) < 4.78 is 15.5. The molecule has 0 bridgehead atoms. The van der Waals surface area contributed by atoms with Crippen molar-refractivity contribution < 1.29 is 29.2 Å². The Morgan fingerprint density at radius 3 is 2.56 bits per heavy atom. The first-order valence-electron chi connectivity index (χ1n) is 10.3. The molecule has 0 heterocycles. The molecule has 1 saturated carbocycles. The maximum Gasteiger partial charge on any atom is 0.361 e. The van der Waals surface area contributed by atoms with Gasteiger partial charge in [0.1, 0.15) is 0 Å². The molecule has 6 heteroatoms. The average Bonchev–Trinajstić information content (AvgIpc) is 3.00. The summed E-state index contributed by atoms with van der Waals surface area (Å²) in [5, 5.41) is 19.2. The van der Waals surface area contributed by atoms with E-state index in [1.54, 1.807) is 7.11 Å². The van der Waals surface area contributed by atoms with Crippen LogP contribution in [0.1, 0.15) is 64.7 Å². The molecule has 6 nitrogen and oxygen atoms in total. The number of carboxylic acid groups (broad SMARTS) is 1. The summed E-state index contributed by atoms with van der Waals surface area (Å²) in [6.45, 7) is 2.54. The van der Waals surface area contributed by atoms with Gasteiger partial charge in [-0.05, 0) is 43.9 Å². The molecule has 0 aromatic rings. The number of aliphatic carboxylic acids is 1. The Bertz CT molecular complexity index is 425. The fraction of sp³-hybridized carbons (Fsp3) is 0.857. The summed E-state index contributed by atoms with van der Waals surface area (Å²) in [5.74, 6) is -0.469. The molecule has 0 amide bonds. The Balaban J connectivity index is 2.37. The van der Waals surface area contributed by atoms with Gasteiger partial charge in [-0.15, -0.1) is 0 Å². The van der Waals surface area contributed by atoms with Crippen molar-refractivity contribution in [1.82, 2.24) is 0 Å². The summed E-state index contributed by atoms with van der Waals surface area (Å²) >= 11 is 0. The highest BCUT2D eigenvalue weighted by molar-refractivity contribution is 5.70. The van der Waals surface area contributed by atoms with Gasteiger partial charge in [0.25, 0.3) is 6.29 Å². The number of methoxy groups -OCH3 is 2. The Morgan fingerprint density at radius 2 is 1.93 bits per heavy atom. The van der Waals surface area contributed by atoms with Crippen LogP contribution in [-0.4, -0.2) is 55.5 Å². The van der Waals surface area contributed by atoms with Crippen molar-refractivity contribution in [3.8, 4) is 0 Å². The number of aliphatic hydroxyl groups is 1. The van der Waals surface area contributed by atoms with Crippen molar-refractivity contribution in [3.63, 3.8) is 0 Å². The van der Waals surface area contributed by atoms with Crippen molar-refractivity contribution >= 4 is 5.97 Å². The Labute approximate surface area is 163 Å². The topological polar surface area (TPSA) is 85.2 Å². The highest BCUT2D eigenvalue weighted by Gasteiger charge is 2.32. The second-order valence-electron chi connectivity index (χ2n) is 7.40. The number of unbranched alkanes of at least 4 members (excludes halogenated alkanes) is 3. The monoisotopic (exact) mass is 386 g/mol. The fourth-order valence-electron chi connectivity index (χ4n) is 3.79. The highest BCUT2D eigenvalue weighted by atomic mass is 16.7. The molecule has 0 radical (unpaired) electrons. The van der Waals surface area contributed by atoms with E-state index in [4.69, 9.17) is 19.3 Å². The molecule has 1 aliphatic carbocycles. The second-order valence-corrected chi connectivity index (χ2v) is 7.40. The zero-order valence-electron chi connectivity index (χ0n) is 17.1. The van der Waals surface area contributed by atoms with Crippen molar-refractivity contribution in [3.05, 3.63) is 12.2 Å². The molecule has 0 saturated heterocycles. The van der Waals surface area contributed by atoms with Crippen LogP contribution in [0.25, 0.3) is 0 Å². The average molecular weight is 387 g/mol. The van der Waals surface area contributed by atoms with Gasteiger partial charge in [0, 0.05) is 14.2 Å². The molecule has 2 unspecified atom stereocenters. The van der Waals surface area contributed by atoms with Gasteiger partial charge >= 0.3 is 5.97 Å². The lowest BCUT2D eigenvalue weighted by Gasteiger charge is -2.20. The van der Waals surface area contributed by atoms with Gasteiger partial charge in [-0.3, -0.25) is 0 Å². The van der Waals surface area contributed by atoms with Crippen molar-refractivity contribution in [2.45, 2.75) is 83.2 Å². The van der Waals surface area contributed by atoms with Crippen LogP contribution in [0, 0.1) is 11.8 Å². The van der Waals surface area contributed by atoms with Crippen LogP contribution in [0.15, 0.2) is 12.2 Å². The molecule has 0 aliphatic heterocycles. The van der Waals surface area contributed by atoms with Crippen molar-refractivity contribution in [1.29, 1.82) is 0 Å². The van der Waals surface area contributed by atoms with Crippen LogP contribution in [0.4, 0.5) is 0 Å². The summed E-state index contributed by atoms with van der Waals surface area (Å²) in [4.78, 5) is 10.8. The molecule has 1 aliphatic rings. The van der Waals surface area contributed by atoms with Crippen LogP contribution in [0.2, 0.25) is 0 Å². The van der Waals surface area contributed by atoms with Gasteiger partial charge in [0.2, 0.25) is 0 Å². The highest BCUT2D eigenvalue weighted by Crippen LogP contribution is 2.36. The summed E-state index contributed by atoms with van der Waals surface area (Å²) in [7, 11) is 3.08. The van der Waals surface area contributed by atoms with Gasteiger partial charge < -0.3 is 24.4 Å². The van der Waals surface area contributed by atoms with Crippen LogP contribution < -0.4 is 0 Å². The van der Waals surface area contributed by atoms with Crippen LogP contribution >= 0.6 is 0 Å². The van der Waals surface area contributed by atoms with E-state index in [0.717, 1.165) is 38.5 Å². The minimum atomic E-state index is -1.20. The van der Waals surface area contributed by atoms with E-state index in [2.05, 4.69) is 19.1 Å². The maximum absolute atomic E-state index is 10.8. The lowest BCUT2D eigenvalue weighted by molar-refractivity contribution is -0.183. The SMILES string of the molecule is CCCCCC(C=C[C@H]1CC[C@H](O)[C@@H]1CCCCOC(OC)C(=O)O)OC. The zero-order chi connectivity index (χ0) is 20.1. The summed E-state index contributed by atoms with van der Waals surface area (Å²) in [6.07, 6.45) is 12.2. The maximum atomic E-state index is 10.8. The standard InChI is InChI=1S/C21H38O6/c1-4-5-6-9-17(25-2)13-11-16-12-14-19(22)18(16)10-7-8-15-27-21(26-3)20(23)24/h11,13,16-19,21-22H,4-10,12,14-15H2,1-3H3,(H,23,24)/t16-,17?,18+,19-,21?/m0/s1. The van der Waals surface area contributed by atoms with E-state index < -0.39 is 12.3 Å². The van der Waals surface area contributed by atoms with E-state index in [1.807, 2.05) is 0 Å². The predicted molar refractivity (Wildman–Crippen MR) is 105 cm³/mol. The second kappa shape index (κ2) is 14.1. The normalized spacial score (nSPS) is 25.1. The quantitative estimate of drug-likeness (QED) is 0.253. The molecule has 0 aromatic heterocycles. The third-order valence-electron chi connectivity index (χ3n) is 5.42. The number of rotatable bonds is 15. The van der Waals surface area contributed by atoms with Gasteiger partial charge in [0.15, 0.2) is 0 Å². The van der Waals surface area contributed by atoms with Crippen molar-refractivity contribution in [2.75, 3.05) is 20.8 Å². The van der Waals surface area contributed by atoms with Crippen molar-refractivity contribution in [2.24, 2.45) is 11.8 Å². The first-order chi connectivity index (χ1) is 13.0. The predicted octanol–water partition coefficient (Wildman–Crippen LogP) is 3.77. The largest absolute Gasteiger partial charge is 0.477 e. The number of aliphatic hydroxyl groups excluding tert-OH is 1. The molecule has 2 N–H and O–H groups in total. The molecule has 158 valence electrons. The van der Waals surface area contributed by atoms with E-state index >= 15 is 0 Å². The lowest BCUT2D eigenvalue weighted by Crippen LogP contribution is -2.26. The molecule has 1 fully saturated rings. The molecular weight excluding hydrogens is 348 g/mol. The van der Waals surface area contributed by atoms with E-state index in [1.165, 1.54) is 26.4 Å². The molecule has 0 aromatic carbocycles. The summed E-state index contributed by atoms with van der Waals surface area (Å²) in [5.41, 5.74) is 0. The van der Waals surface area contributed by atoms with Crippen LogP contribution in [0.3, 0.4) is 0 Å². The minimum Gasteiger partial charge on any atom is -0.477 e. The third kappa shape index (κ3) is 9.19. The van der Waals surface area contributed by atoms with Gasteiger partial charge in [-0.1, -0.05) is 44.8 Å².